The van der Waals surface area contributed by atoms with Gasteiger partial charge in [0.1, 0.15) is 10.8 Å². The minimum absolute atomic E-state index is 0.293. The van der Waals surface area contributed by atoms with Crippen molar-refractivity contribution in [3.05, 3.63) is 0 Å². The van der Waals surface area contributed by atoms with E-state index >= 15 is 0 Å². The first-order chi connectivity index (χ1) is 7.20. The second-order valence-electron chi connectivity index (χ2n) is 4.57. The number of rotatable bonds is 5. The van der Waals surface area contributed by atoms with Crippen LogP contribution in [-0.2, 0) is 20.9 Å². The quantitative estimate of drug-likeness (QED) is 0.542. The summed E-state index contributed by atoms with van der Waals surface area (Å²) in [5, 5.41) is 0. The molecule has 0 aromatic carbocycles. The maximum absolute atomic E-state index is 11.8. The van der Waals surface area contributed by atoms with Crippen LogP contribution in [0.3, 0.4) is 0 Å². The van der Waals surface area contributed by atoms with Gasteiger partial charge in [-0.05, 0) is 34.6 Å². The van der Waals surface area contributed by atoms with Crippen LogP contribution in [0.5, 0.6) is 0 Å². The fourth-order valence-electron chi connectivity index (χ4n) is 0.862. The molecule has 0 saturated carbocycles. The Morgan fingerprint density at radius 1 is 1.56 bits per heavy atom. The minimum Gasteiger partial charge on any atom is -0.598 e. The molecule has 0 aliphatic heterocycles. The van der Waals surface area contributed by atoms with Gasteiger partial charge >= 0.3 is 5.97 Å². The van der Waals surface area contributed by atoms with Gasteiger partial charge < -0.3 is 15.0 Å². The molecule has 3 N–H and O–H groups in total. The summed E-state index contributed by atoms with van der Waals surface area (Å²) < 4.78 is 19.0. The van der Waals surface area contributed by atoms with E-state index in [-0.39, 0.29) is 10.8 Å². The maximum Gasteiger partial charge on any atom is 0.324 e. The summed E-state index contributed by atoms with van der Waals surface area (Å²) in [5.41, 5.74) is 5.67. The third-order valence-electron chi connectivity index (χ3n) is 1.95. The third kappa shape index (κ3) is 5.16. The number of nitrogens with two attached hydrogens (primary N) is 1. The minimum atomic E-state index is -1.25. The number of ether oxygens (including phenoxy) is 1. The topological polar surface area (TPSA) is 87.4 Å². The highest BCUT2D eigenvalue weighted by Crippen LogP contribution is 2.14. The van der Waals surface area contributed by atoms with Crippen molar-refractivity contribution in [1.29, 1.82) is 0 Å². The van der Waals surface area contributed by atoms with E-state index in [2.05, 4.69) is 4.72 Å². The van der Waals surface area contributed by atoms with Crippen molar-refractivity contribution in [1.82, 2.24) is 4.72 Å². The molecule has 0 amide bonds. The largest absolute Gasteiger partial charge is 0.598 e. The van der Waals surface area contributed by atoms with Gasteiger partial charge in [-0.2, -0.15) is 0 Å². The molecule has 0 spiro atoms. The summed E-state index contributed by atoms with van der Waals surface area (Å²) in [7, 11) is 0. The van der Waals surface area contributed by atoms with Crippen LogP contribution in [0.2, 0.25) is 0 Å². The summed E-state index contributed by atoms with van der Waals surface area (Å²) in [6, 6.07) is -1.19. The molecule has 0 aliphatic rings. The van der Waals surface area contributed by atoms with Gasteiger partial charge in [-0.15, -0.1) is 4.72 Å². The van der Waals surface area contributed by atoms with Crippen molar-refractivity contribution >= 4 is 17.3 Å². The number of hydrogen-bond acceptors (Lipinski definition) is 5. The Balaban J connectivity index is 4.25. The number of carbonyl (C=O) groups is 1. The predicted octanol–water partition coefficient (Wildman–Crippen LogP) is 0.317. The molecule has 6 heteroatoms. The van der Waals surface area contributed by atoms with Crippen LogP contribution >= 0.6 is 0 Å². The summed E-state index contributed by atoms with van der Waals surface area (Å²) in [6.45, 7) is 9.26. The zero-order valence-corrected chi connectivity index (χ0v) is 11.4. The van der Waals surface area contributed by atoms with Gasteiger partial charge in [0.25, 0.3) is 0 Å². The third-order valence-corrected chi connectivity index (χ3v) is 3.64. The molecule has 0 fully saturated rings. The van der Waals surface area contributed by atoms with Crippen molar-refractivity contribution < 1.29 is 14.1 Å². The first kappa shape index (κ1) is 15.7. The van der Waals surface area contributed by atoms with Crippen LogP contribution in [-0.4, -0.2) is 34.0 Å². The molecule has 0 aromatic rings. The lowest BCUT2D eigenvalue weighted by molar-refractivity contribution is -0.145. The van der Waals surface area contributed by atoms with Crippen LogP contribution in [0.15, 0.2) is 0 Å². The molecule has 0 rings (SSSR count). The Bertz CT molecular complexity index is 231. The molecule has 0 saturated heterocycles. The number of nitrogens with one attached hydrogen (secondary N) is 1. The molecule has 0 aromatic heterocycles. The van der Waals surface area contributed by atoms with Gasteiger partial charge in [-0.1, -0.05) is 0 Å². The zero-order valence-electron chi connectivity index (χ0n) is 10.6. The summed E-state index contributed by atoms with van der Waals surface area (Å²) in [5.74, 6) is -0.478. The van der Waals surface area contributed by atoms with E-state index < -0.39 is 23.4 Å². The second-order valence-corrected chi connectivity index (χ2v) is 6.56. The zero-order chi connectivity index (χ0) is 12.9. The van der Waals surface area contributed by atoms with E-state index in [9.17, 15) is 9.35 Å². The van der Waals surface area contributed by atoms with Gasteiger partial charge in [0, 0.05) is 11.4 Å². The standard InChI is InChI=1S/C10H22N2O3S/c1-6-15-9(13)8(11)7(2)12-16(14)10(3,4)5/h7-8,12H,6,11H2,1-5H3/t7-,8-,16?/m0/s1. The van der Waals surface area contributed by atoms with E-state index in [0.717, 1.165) is 0 Å². The number of carbonyl (C=O) groups excluding carboxylic acids is 1. The molecule has 0 bridgehead atoms. The number of hydrogen-bond donors (Lipinski definition) is 2. The monoisotopic (exact) mass is 250 g/mol. The Morgan fingerprint density at radius 2 is 2.06 bits per heavy atom. The van der Waals surface area contributed by atoms with Crippen molar-refractivity contribution in [2.75, 3.05) is 6.61 Å². The maximum atomic E-state index is 11.8. The van der Waals surface area contributed by atoms with E-state index in [1.54, 1.807) is 13.8 Å². The van der Waals surface area contributed by atoms with Gasteiger partial charge in [0.15, 0.2) is 0 Å². The van der Waals surface area contributed by atoms with Crippen molar-refractivity contribution in [3.63, 3.8) is 0 Å². The van der Waals surface area contributed by atoms with E-state index in [1.807, 2.05) is 20.8 Å². The van der Waals surface area contributed by atoms with Crippen LogP contribution < -0.4 is 10.5 Å². The van der Waals surface area contributed by atoms with Crippen LogP contribution in [0.1, 0.15) is 34.6 Å². The van der Waals surface area contributed by atoms with Crippen molar-refractivity contribution in [3.8, 4) is 0 Å². The van der Waals surface area contributed by atoms with Gasteiger partial charge in [-0.25, -0.2) is 0 Å². The molecule has 16 heavy (non-hydrogen) atoms. The van der Waals surface area contributed by atoms with Crippen LogP contribution in [0.25, 0.3) is 0 Å². The fraction of sp³-hybridized carbons (Fsp3) is 0.900. The lowest BCUT2D eigenvalue weighted by Gasteiger charge is -2.28. The van der Waals surface area contributed by atoms with Crippen molar-refractivity contribution in [2.45, 2.75) is 51.4 Å². The molecule has 0 heterocycles. The van der Waals surface area contributed by atoms with Crippen molar-refractivity contribution in [2.24, 2.45) is 5.73 Å². The molecular formula is C10H22N2O3S. The SMILES string of the molecule is CCOC(=O)[C@@H](N)[C@H](C)N[S+]([O-])C(C)(C)C. The number of esters is 1. The average molecular weight is 250 g/mol. The molecular weight excluding hydrogens is 228 g/mol. The highest BCUT2D eigenvalue weighted by molar-refractivity contribution is 7.90. The van der Waals surface area contributed by atoms with Gasteiger partial charge in [0.05, 0.1) is 12.6 Å². The van der Waals surface area contributed by atoms with Crippen LogP contribution in [0.4, 0.5) is 0 Å². The van der Waals surface area contributed by atoms with Crippen LogP contribution in [0, 0.1) is 0 Å². The Morgan fingerprint density at radius 3 is 2.44 bits per heavy atom. The lowest BCUT2D eigenvalue weighted by atomic mass is 10.2. The van der Waals surface area contributed by atoms with Gasteiger partial charge in [0.2, 0.25) is 0 Å². The molecule has 0 radical (unpaired) electrons. The molecule has 1 unspecified atom stereocenters. The highest BCUT2D eigenvalue weighted by Gasteiger charge is 2.32. The predicted molar refractivity (Wildman–Crippen MR) is 65.1 cm³/mol. The summed E-state index contributed by atoms with van der Waals surface area (Å²) in [6.07, 6.45) is 0. The average Bonchev–Trinajstić information content (AvgIpc) is 2.15. The van der Waals surface area contributed by atoms with E-state index in [0.29, 0.717) is 6.61 Å². The van der Waals surface area contributed by atoms with E-state index in [4.69, 9.17) is 10.5 Å². The Labute approximate surface area is 100 Å². The van der Waals surface area contributed by atoms with E-state index in [1.165, 1.54) is 0 Å². The second kappa shape index (κ2) is 6.44. The molecule has 0 aliphatic carbocycles. The normalized spacial score (nSPS) is 17.7. The Hall–Kier alpha value is -0.300. The first-order valence-corrected chi connectivity index (χ1v) is 6.45. The van der Waals surface area contributed by atoms with Gasteiger partial charge in [-0.3, -0.25) is 4.79 Å². The summed E-state index contributed by atoms with van der Waals surface area (Å²) in [4.78, 5) is 11.3. The Kier molecular flexibility index (Phi) is 6.32. The first-order valence-electron chi connectivity index (χ1n) is 5.30. The fourth-order valence-corrected chi connectivity index (χ4v) is 1.70. The lowest BCUT2D eigenvalue weighted by Crippen LogP contribution is -2.53. The smallest absolute Gasteiger partial charge is 0.324 e. The highest BCUT2D eigenvalue weighted by atomic mass is 32.2. The molecule has 5 nitrogen and oxygen atoms in total. The molecule has 3 atom stereocenters. The molecule has 96 valence electrons. The summed E-state index contributed by atoms with van der Waals surface area (Å²) >= 11 is -1.25.